The van der Waals surface area contributed by atoms with Crippen LogP contribution in [0, 0.1) is 13.8 Å². The molecule has 0 bridgehead atoms. The lowest BCUT2D eigenvalue weighted by Crippen LogP contribution is -2.25. The summed E-state index contributed by atoms with van der Waals surface area (Å²) < 4.78 is 4.80. The number of rotatable bonds is 9. The number of ether oxygens (including phenoxy) is 1. The summed E-state index contributed by atoms with van der Waals surface area (Å²) in [4.78, 5) is 34.9. The largest absolute Gasteiger partial charge is 0.466 e. The summed E-state index contributed by atoms with van der Waals surface area (Å²) in [6, 6.07) is 5.56. The molecule has 0 heterocycles. The lowest BCUT2D eigenvalue weighted by Gasteiger charge is -2.06. The van der Waals surface area contributed by atoms with E-state index in [1.165, 1.54) is 0 Å². The van der Waals surface area contributed by atoms with E-state index in [-0.39, 0.29) is 36.9 Å². The second-order valence-corrected chi connectivity index (χ2v) is 5.48. The summed E-state index contributed by atoms with van der Waals surface area (Å²) in [7, 11) is 0. The molecule has 0 atom stereocenters. The van der Waals surface area contributed by atoms with Crippen molar-refractivity contribution in [1.82, 2.24) is 5.32 Å². The first-order chi connectivity index (χ1) is 10.9. The lowest BCUT2D eigenvalue weighted by molar-refractivity contribution is -0.143. The zero-order valence-corrected chi connectivity index (χ0v) is 14.1. The maximum Gasteiger partial charge on any atom is 0.305 e. The normalized spacial score (nSPS) is 10.2. The maximum absolute atomic E-state index is 12.1. The van der Waals surface area contributed by atoms with Crippen LogP contribution < -0.4 is 5.32 Å². The Labute approximate surface area is 137 Å². The van der Waals surface area contributed by atoms with E-state index < -0.39 is 0 Å². The van der Waals surface area contributed by atoms with Crippen molar-refractivity contribution >= 4 is 17.7 Å². The smallest absolute Gasteiger partial charge is 0.305 e. The molecule has 126 valence electrons. The fourth-order valence-corrected chi connectivity index (χ4v) is 2.07. The van der Waals surface area contributed by atoms with Crippen LogP contribution in [0.25, 0.3) is 0 Å². The topological polar surface area (TPSA) is 72.5 Å². The zero-order valence-electron chi connectivity index (χ0n) is 14.1. The molecule has 0 aromatic heterocycles. The van der Waals surface area contributed by atoms with Gasteiger partial charge in [0.25, 0.3) is 0 Å². The van der Waals surface area contributed by atoms with Crippen LogP contribution >= 0.6 is 0 Å². The van der Waals surface area contributed by atoms with Gasteiger partial charge in [0.05, 0.1) is 6.61 Å². The van der Waals surface area contributed by atoms with Crippen LogP contribution in [0.3, 0.4) is 0 Å². The third-order valence-electron chi connectivity index (χ3n) is 3.59. The van der Waals surface area contributed by atoms with Crippen molar-refractivity contribution in [2.75, 3.05) is 13.2 Å². The number of hydrogen-bond donors (Lipinski definition) is 1. The van der Waals surface area contributed by atoms with E-state index in [0.29, 0.717) is 25.1 Å². The van der Waals surface area contributed by atoms with E-state index in [1.54, 1.807) is 13.0 Å². The maximum atomic E-state index is 12.1. The van der Waals surface area contributed by atoms with E-state index in [2.05, 4.69) is 5.32 Å². The van der Waals surface area contributed by atoms with Gasteiger partial charge in [-0.1, -0.05) is 12.1 Å². The molecule has 0 aliphatic rings. The van der Waals surface area contributed by atoms with E-state index in [9.17, 15) is 14.4 Å². The van der Waals surface area contributed by atoms with Gasteiger partial charge in [-0.15, -0.1) is 0 Å². The van der Waals surface area contributed by atoms with Gasteiger partial charge in [0, 0.05) is 31.4 Å². The monoisotopic (exact) mass is 319 g/mol. The molecule has 1 aromatic carbocycles. The third-order valence-corrected chi connectivity index (χ3v) is 3.59. The fourth-order valence-electron chi connectivity index (χ4n) is 2.07. The number of amides is 1. The first-order valence-electron chi connectivity index (χ1n) is 7.96. The molecule has 23 heavy (non-hydrogen) atoms. The Balaban J connectivity index is 2.26. The number of nitrogens with one attached hydrogen (secondary N) is 1. The van der Waals surface area contributed by atoms with Crippen molar-refractivity contribution in [3.05, 3.63) is 34.9 Å². The molecule has 0 fully saturated rings. The molecule has 0 spiro atoms. The minimum Gasteiger partial charge on any atom is -0.466 e. The molecule has 0 saturated carbocycles. The summed E-state index contributed by atoms with van der Waals surface area (Å²) >= 11 is 0. The van der Waals surface area contributed by atoms with Crippen LogP contribution in [-0.2, 0) is 14.3 Å². The Bertz CT molecular complexity index is 566. The average molecular weight is 319 g/mol. The Kier molecular flexibility index (Phi) is 8.02. The molecular formula is C18H25NO4. The molecule has 0 radical (unpaired) electrons. The number of esters is 1. The van der Waals surface area contributed by atoms with Crippen LogP contribution in [0.1, 0.15) is 54.1 Å². The van der Waals surface area contributed by atoms with E-state index in [0.717, 1.165) is 11.1 Å². The van der Waals surface area contributed by atoms with Crippen molar-refractivity contribution in [1.29, 1.82) is 0 Å². The van der Waals surface area contributed by atoms with E-state index in [1.807, 2.05) is 26.0 Å². The van der Waals surface area contributed by atoms with Crippen LogP contribution in [0.15, 0.2) is 18.2 Å². The van der Waals surface area contributed by atoms with Crippen molar-refractivity contribution in [3.63, 3.8) is 0 Å². The summed E-state index contributed by atoms with van der Waals surface area (Å²) in [6.45, 7) is 6.49. The van der Waals surface area contributed by atoms with Gasteiger partial charge in [0.15, 0.2) is 5.78 Å². The third kappa shape index (κ3) is 7.08. The molecule has 1 rings (SSSR count). The van der Waals surface area contributed by atoms with Crippen molar-refractivity contribution in [3.8, 4) is 0 Å². The summed E-state index contributed by atoms with van der Waals surface area (Å²) in [5.74, 6) is -0.465. The number of hydrogen-bond acceptors (Lipinski definition) is 4. The van der Waals surface area contributed by atoms with Gasteiger partial charge in [-0.3, -0.25) is 14.4 Å². The molecular weight excluding hydrogens is 294 g/mol. The highest BCUT2D eigenvalue weighted by atomic mass is 16.5. The molecule has 0 unspecified atom stereocenters. The average Bonchev–Trinajstić information content (AvgIpc) is 2.52. The Morgan fingerprint density at radius 3 is 2.43 bits per heavy atom. The highest BCUT2D eigenvalue weighted by molar-refractivity contribution is 5.98. The minimum absolute atomic E-state index is 0.0326. The van der Waals surface area contributed by atoms with E-state index in [4.69, 9.17) is 4.74 Å². The number of carbonyl (C=O) groups is 3. The molecule has 1 aromatic rings. The van der Waals surface area contributed by atoms with Crippen molar-refractivity contribution < 1.29 is 19.1 Å². The van der Waals surface area contributed by atoms with Crippen molar-refractivity contribution in [2.45, 2.75) is 46.5 Å². The second kappa shape index (κ2) is 9.77. The molecule has 0 saturated heterocycles. The highest BCUT2D eigenvalue weighted by Gasteiger charge is 2.10. The van der Waals surface area contributed by atoms with Gasteiger partial charge in [0.1, 0.15) is 0 Å². The molecule has 1 N–H and O–H groups in total. The Hall–Kier alpha value is -2.17. The molecule has 0 aliphatic heterocycles. The quantitative estimate of drug-likeness (QED) is 0.431. The number of benzene rings is 1. The predicted molar refractivity (Wildman–Crippen MR) is 88.4 cm³/mol. The SMILES string of the molecule is CCOC(=O)CCCNC(=O)CCC(=O)c1ccc(C)c(C)c1. The Morgan fingerprint density at radius 1 is 1.04 bits per heavy atom. The molecule has 1 amide bonds. The van der Waals surface area contributed by atoms with Crippen LogP contribution in [-0.4, -0.2) is 30.8 Å². The van der Waals surface area contributed by atoms with Gasteiger partial charge in [-0.2, -0.15) is 0 Å². The standard InChI is InChI=1S/C18H25NO4/c1-4-23-18(22)6-5-11-19-17(21)10-9-16(20)15-8-7-13(2)14(3)12-15/h7-8,12H,4-6,9-11H2,1-3H3,(H,19,21). The first-order valence-corrected chi connectivity index (χ1v) is 7.96. The molecule has 0 aliphatic carbocycles. The number of aryl methyl sites for hydroxylation is 2. The Morgan fingerprint density at radius 2 is 1.78 bits per heavy atom. The zero-order chi connectivity index (χ0) is 17.2. The van der Waals surface area contributed by atoms with Crippen molar-refractivity contribution in [2.24, 2.45) is 0 Å². The van der Waals surface area contributed by atoms with Gasteiger partial charge < -0.3 is 10.1 Å². The number of ketones is 1. The molecule has 5 heteroatoms. The van der Waals surface area contributed by atoms with Crippen LogP contribution in [0.5, 0.6) is 0 Å². The van der Waals surface area contributed by atoms with Gasteiger partial charge >= 0.3 is 5.97 Å². The molecule has 5 nitrogen and oxygen atoms in total. The summed E-state index contributed by atoms with van der Waals surface area (Å²) in [5, 5.41) is 2.71. The van der Waals surface area contributed by atoms with E-state index >= 15 is 0 Å². The second-order valence-electron chi connectivity index (χ2n) is 5.48. The number of carbonyl (C=O) groups excluding carboxylic acids is 3. The predicted octanol–water partition coefficient (Wildman–Crippen LogP) is 2.73. The van der Waals surface area contributed by atoms with Gasteiger partial charge in [0.2, 0.25) is 5.91 Å². The summed E-state index contributed by atoms with van der Waals surface area (Å²) in [5.41, 5.74) is 2.85. The van der Waals surface area contributed by atoms with Crippen LogP contribution in [0.4, 0.5) is 0 Å². The van der Waals surface area contributed by atoms with Crippen LogP contribution in [0.2, 0.25) is 0 Å². The highest BCUT2D eigenvalue weighted by Crippen LogP contribution is 2.12. The minimum atomic E-state index is -0.258. The first kappa shape index (κ1) is 18.9. The fraction of sp³-hybridized carbons (Fsp3) is 0.500. The number of Topliss-reactive ketones (excluding diaryl/α,β-unsaturated/α-hetero) is 1. The van der Waals surface area contributed by atoms with Gasteiger partial charge in [-0.05, 0) is 44.4 Å². The van der Waals surface area contributed by atoms with Gasteiger partial charge in [-0.25, -0.2) is 0 Å². The lowest BCUT2D eigenvalue weighted by atomic mass is 10.0. The summed E-state index contributed by atoms with van der Waals surface area (Å²) in [6.07, 6.45) is 1.17.